The average Bonchev–Trinajstić information content (AvgIpc) is 2.01. The molecule has 76 valence electrons. The molecule has 0 radical (unpaired) electrons. The summed E-state index contributed by atoms with van der Waals surface area (Å²) < 4.78 is 4.69. The van der Waals surface area contributed by atoms with Crippen LogP contribution in [0.15, 0.2) is 0 Å². The summed E-state index contributed by atoms with van der Waals surface area (Å²) in [5, 5.41) is 0. The second-order valence-electron chi connectivity index (χ2n) is 3.06. The normalized spacial score (nSPS) is 9.85. The van der Waals surface area contributed by atoms with Gasteiger partial charge in [0.05, 0.1) is 14.1 Å². The molecular formula is C8H16N2O3. The van der Waals surface area contributed by atoms with Crippen molar-refractivity contribution in [2.24, 2.45) is 0 Å². The van der Waals surface area contributed by atoms with Gasteiger partial charge in [0, 0.05) is 13.5 Å². The molecule has 0 fully saturated rings. The molecule has 0 atom stereocenters. The number of hydrogen-bond acceptors (Lipinski definition) is 3. The van der Waals surface area contributed by atoms with Crippen molar-refractivity contribution in [1.82, 2.24) is 4.90 Å². The summed E-state index contributed by atoms with van der Waals surface area (Å²) in [5.74, 6) is -0.331. The first kappa shape index (κ1) is 11.9. The lowest BCUT2D eigenvalue weighted by Gasteiger charge is -2.28. The first-order valence-corrected chi connectivity index (χ1v) is 4.11. The molecule has 0 aliphatic rings. The summed E-state index contributed by atoms with van der Waals surface area (Å²) >= 11 is 0. The first-order chi connectivity index (χ1) is 6.06. The topological polar surface area (TPSA) is 51.0 Å². The van der Waals surface area contributed by atoms with Gasteiger partial charge in [-0.25, -0.2) is 0 Å². The van der Waals surface area contributed by atoms with Gasteiger partial charge < -0.3 is 19.3 Å². The lowest BCUT2D eigenvalue weighted by molar-refractivity contribution is -0.867. The van der Waals surface area contributed by atoms with Crippen molar-refractivity contribution in [1.29, 1.82) is 0 Å². The first-order valence-electron chi connectivity index (χ1n) is 4.11. The number of ether oxygens (including phenoxy) is 1. The van der Waals surface area contributed by atoms with Crippen molar-refractivity contribution < 1.29 is 19.2 Å². The molecule has 0 saturated carbocycles. The fourth-order valence-corrected chi connectivity index (χ4v) is 0.838. The summed E-state index contributed by atoms with van der Waals surface area (Å²) in [4.78, 5) is 23.3. The number of hydrogen-bond donors (Lipinski definition) is 1. The van der Waals surface area contributed by atoms with E-state index in [0.717, 1.165) is 4.90 Å². The molecule has 5 heteroatoms. The van der Waals surface area contributed by atoms with Crippen LogP contribution in [0.3, 0.4) is 0 Å². The van der Waals surface area contributed by atoms with Gasteiger partial charge in [0.25, 0.3) is 0 Å². The molecule has 0 heterocycles. The molecular weight excluding hydrogens is 172 g/mol. The van der Waals surface area contributed by atoms with Crippen LogP contribution in [0.1, 0.15) is 6.92 Å². The Kier molecular flexibility index (Phi) is 5.88. The van der Waals surface area contributed by atoms with Gasteiger partial charge in [0.1, 0.15) is 13.3 Å². The SMILES string of the molecule is CC(=O)OCCN([C-]=O)C[NH+](C)C. The predicted octanol–water partition coefficient (Wildman–Crippen LogP) is -1.98. The molecule has 0 aromatic heterocycles. The highest BCUT2D eigenvalue weighted by Crippen LogP contribution is 1.81. The van der Waals surface area contributed by atoms with Crippen LogP contribution in [0.2, 0.25) is 0 Å². The lowest BCUT2D eigenvalue weighted by atomic mass is 10.6. The number of carbonyl (C=O) groups is 1. The predicted molar refractivity (Wildman–Crippen MR) is 46.7 cm³/mol. The minimum atomic E-state index is -0.331. The van der Waals surface area contributed by atoms with Crippen LogP contribution in [0, 0.1) is 0 Å². The van der Waals surface area contributed by atoms with E-state index in [9.17, 15) is 9.59 Å². The van der Waals surface area contributed by atoms with Crippen LogP contribution in [-0.2, 0) is 14.3 Å². The van der Waals surface area contributed by atoms with Gasteiger partial charge in [0.2, 0.25) is 0 Å². The number of esters is 1. The molecule has 0 unspecified atom stereocenters. The Labute approximate surface area is 78.3 Å². The van der Waals surface area contributed by atoms with Gasteiger partial charge in [-0.1, -0.05) is 0 Å². The maximum absolute atomic E-state index is 10.4. The van der Waals surface area contributed by atoms with Gasteiger partial charge in [0.15, 0.2) is 0 Å². The zero-order valence-electron chi connectivity index (χ0n) is 8.29. The third-order valence-corrected chi connectivity index (χ3v) is 1.30. The van der Waals surface area contributed by atoms with Crippen molar-refractivity contribution in [2.75, 3.05) is 33.9 Å². The van der Waals surface area contributed by atoms with Crippen molar-refractivity contribution in [3.8, 4) is 0 Å². The summed E-state index contributed by atoms with van der Waals surface area (Å²) in [5.41, 5.74) is 0. The summed E-state index contributed by atoms with van der Waals surface area (Å²) in [6.07, 6.45) is 1.78. The second kappa shape index (κ2) is 6.42. The highest BCUT2D eigenvalue weighted by atomic mass is 16.5. The van der Waals surface area contributed by atoms with Gasteiger partial charge in [-0.05, 0) is 0 Å². The van der Waals surface area contributed by atoms with E-state index in [-0.39, 0.29) is 12.6 Å². The van der Waals surface area contributed by atoms with Gasteiger partial charge in [-0.2, -0.15) is 6.41 Å². The molecule has 0 rings (SSSR count). The van der Waals surface area contributed by atoms with Crippen LogP contribution in [0.25, 0.3) is 0 Å². The fraction of sp³-hybridized carbons (Fsp3) is 0.750. The Morgan fingerprint density at radius 3 is 2.54 bits per heavy atom. The number of amides is 1. The maximum atomic E-state index is 10.4. The standard InChI is InChI=1S/C8H15N2O3/c1-8(12)13-5-4-10(7-11)6-9(2)3/h4-6H2,1-3H3/q-1/p+1. The van der Waals surface area contributed by atoms with E-state index in [1.165, 1.54) is 11.8 Å². The van der Waals surface area contributed by atoms with E-state index >= 15 is 0 Å². The van der Waals surface area contributed by atoms with Crippen LogP contribution in [0.5, 0.6) is 0 Å². The fourth-order valence-electron chi connectivity index (χ4n) is 0.838. The zero-order chi connectivity index (χ0) is 10.3. The van der Waals surface area contributed by atoms with E-state index in [2.05, 4.69) is 4.74 Å². The molecule has 0 aliphatic carbocycles. The molecule has 1 amide bonds. The van der Waals surface area contributed by atoms with Crippen LogP contribution in [-0.4, -0.2) is 51.2 Å². The third kappa shape index (κ3) is 7.27. The highest BCUT2D eigenvalue weighted by Gasteiger charge is 1.98. The van der Waals surface area contributed by atoms with Crippen molar-refractivity contribution in [3.05, 3.63) is 0 Å². The molecule has 0 saturated heterocycles. The van der Waals surface area contributed by atoms with Crippen molar-refractivity contribution in [2.45, 2.75) is 6.92 Å². The summed E-state index contributed by atoms with van der Waals surface area (Å²) in [6, 6.07) is 0. The molecule has 0 bridgehead atoms. The van der Waals surface area contributed by atoms with Crippen molar-refractivity contribution in [3.63, 3.8) is 0 Å². The molecule has 5 nitrogen and oxygen atoms in total. The molecule has 1 N–H and O–H groups in total. The molecule has 0 spiro atoms. The largest absolute Gasteiger partial charge is 0.520 e. The van der Waals surface area contributed by atoms with E-state index in [0.29, 0.717) is 13.2 Å². The maximum Gasteiger partial charge on any atom is 0.302 e. The van der Waals surface area contributed by atoms with E-state index in [1.807, 2.05) is 14.1 Å². The molecule has 13 heavy (non-hydrogen) atoms. The number of carbonyl (C=O) groups excluding carboxylic acids is 2. The minimum absolute atomic E-state index is 0.234. The van der Waals surface area contributed by atoms with Crippen LogP contribution >= 0.6 is 0 Å². The Morgan fingerprint density at radius 1 is 1.54 bits per heavy atom. The minimum Gasteiger partial charge on any atom is -0.520 e. The Balaban J connectivity index is 3.59. The van der Waals surface area contributed by atoms with Crippen LogP contribution < -0.4 is 4.90 Å². The number of nitrogens with one attached hydrogen (secondary N) is 1. The number of quaternary nitrogens is 1. The Hall–Kier alpha value is -1.10. The second-order valence-corrected chi connectivity index (χ2v) is 3.06. The summed E-state index contributed by atoms with van der Waals surface area (Å²) in [7, 11) is 3.85. The Morgan fingerprint density at radius 2 is 2.15 bits per heavy atom. The molecule has 0 aromatic carbocycles. The van der Waals surface area contributed by atoms with E-state index in [4.69, 9.17) is 0 Å². The van der Waals surface area contributed by atoms with Gasteiger partial charge in [-0.3, -0.25) is 4.79 Å². The average molecular weight is 188 g/mol. The molecule has 0 aromatic rings. The zero-order valence-corrected chi connectivity index (χ0v) is 8.29. The van der Waals surface area contributed by atoms with E-state index in [1.54, 1.807) is 6.41 Å². The van der Waals surface area contributed by atoms with Crippen molar-refractivity contribution >= 4 is 12.4 Å². The highest BCUT2D eigenvalue weighted by molar-refractivity contribution is 5.65. The smallest absolute Gasteiger partial charge is 0.302 e. The monoisotopic (exact) mass is 188 g/mol. The number of nitrogens with zero attached hydrogens (tertiary/aromatic N) is 1. The lowest BCUT2D eigenvalue weighted by Crippen LogP contribution is -3.07. The third-order valence-electron chi connectivity index (χ3n) is 1.30. The quantitative estimate of drug-likeness (QED) is 0.227. The van der Waals surface area contributed by atoms with Gasteiger partial charge >= 0.3 is 5.97 Å². The number of rotatable bonds is 6. The van der Waals surface area contributed by atoms with E-state index < -0.39 is 0 Å². The molecule has 0 aliphatic heterocycles. The Bertz CT molecular complexity index is 171. The van der Waals surface area contributed by atoms with Crippen LogP contribution in [0.4, 0.5) is 0 Å². The van der Waals surface area contributed by atoms with Gasteiger partial charge in [-0.15, -0.1) is 0 Å². The summed E-state index contributed by atoms with van der Waals surface area (Å²) in [6.45, 7) is 2.53.